The van der Waals surface area contributed by atoms with Crippen molar-refractivity contribution >= 4 is 33.2 Å². The summed E-state index contributed by atoms with van der Waals surface area (Å²) in [5.74, 6) is -0.508. The van der Waals surface area contributed by atoms with Crippen LogP contribution in [0.25, 0.3) is 11.0 Å². The van der Waals surface area contributed by atoms with Crippen molar-refractivity contribution in [2.45, 2.75) is 71.4 Å². The molecule has 0 aliphatic heterocycles. The van der Waals surface area contributed by atoms with Crippen molar-refractivity contribution in [1.82, 2.24) is 9.13 Å². The Morgan fingerprint density at radius 1 is 0.906 bits per heavy atom. The van der Waals surface area contributed by atoms with Gasteiger partial charge in [0.15, 0.2) is 0 Å². The van der Waals surface area contributed by atoms with E-state index in [1.807, 2.05) is 0 Å². The number of esters is 1. The Bertz CT molecular complexity index is 987. The molecule has 0 atom stereocenters. The molecule has 1 heterocycles. The third-order valence-corrected chi connectivity index (χ3v) is 8.70. The van der Waals surface area contributed by atoms with Crippen LogP contribution in [-0.4, -0.2) is 51.6 Å². The SMILES string of the molecule is COC(=O)c1ccc(CN)c2c1n(COCC[Si](C)(C)C)c(=O)n2COCC[Si](C)(C)C. The first-order valence-electron chi connectivity index (χ1n) is 11.1. The third kappa shape index (κ3) is 6.88. The van der Waals surface area contributed by atoms with E-state index in [2.05, 4.69) is 39.3 Å². The van der Waals surface area contributed by atoms with E-state index >= 15 is 0 Å². The van der Waals surface area contributed by atoms with Crippen LogP contribution in [0.4, 0.5) is 0 Å². The van der Waals surface area contributed by atoms with Gasteiger partial charge in [0.1, 0.15) is 13.5 Å². The van der Waals surface area contributed by atoms with Crippen LogP contribution in [0, 0.1) is 0 Å². The molecule has 10 heteroatoms. The number of fused-ring (bicyclic) bond motifs is 1. The minimum Gasteiger partial charge on any atom is -0.465 e. The maximum absolute atomic E-state index is 13.4. The van der Waals surface area contributed by atoms with Gasteiger partial charge in [0.05, 0.1) is 23.7 Å². The minimum atomic E-state index is -1.27. The summed E-state index contributed by atoms with van der Waals surface area (Å²) in [5.41, 5.74) is 7.85. The van der Waals surface area contributed by atoms with Gasteiger partial charge in [-0.15, -0.1) is 0 Å². The van der Waals surface area contributed by atoms with E-state index in [0.717, 1.165) is 17.7 Å². The van der Waals surface area contributed by atoms with Gasteiger partial charge in [-0.3, -0.25) is 9.13 Å². The molecule has 2 N–H and O–H groups in total. The molecule has 2 aromatic rings. The number of carbonyl (C=O) groups is 1. The molecule has 8 nitrogen and oxygen atoms in total. The summed E-state index contributed by atoms with van der Waals surface area (Å²) in [5, 5.41) is 0. The standard InChI is InChI=1S/C22H39N3O5Si2/c1-28-21(26)18-9-8-17(14-23)19-20(18)25(16-30-11-13-32(5,6)7)22(27)24(19)15-29-10-12-31(2,3)4/h8-9H,10-16,23H2,1-7H3. The van der Waals surface area contributed by atoms with E-state index in [1.54, 1.807) is 16.7 Å². The van der Waals surface area contributed by atoms with Crippen LogP contribution < -0.4 is 11.4 Å². The molecule has 0 aliphatic carbocycles. The fraction of sp³-hybridized carbons (Fsp3) is 0.636. The van der Waals surface area contributed by atoms with Gasteiger partial charge in [0, 0.05) is 35.9 Å². The molecule has 1 aromatic heterocycles. The second-order valence-corrected chi connectivity index (χ2v) is 21.7. The largest absolute Gasteiger partial charge is 0.465 e. The zero-order valence-electron chi connectivity index (χ0n) is 20.6. The average Bonchev–Trinajstić information content (AvgIpc) is 2.97. The first-order chi connectivity index (χ1) is 14.9. The number of methoxy groups -OCH3 is 1. The molecule has 0 fully saturated rings. The molecule has 0 radical (unpaired) electrons. The molecule has 180 valence electrons. The molecule has 2 rings (SSSR count). The summed E-state index contributed by atoms with van der Waals surface area (Å²) in [6, 6.07) is 5.41. The lowest BCUT2D eigenvalue weighted by Crippen LogP contribution is -2.28. The molecule has 1 aromatic carbocycles. The van der Waals surface area contributed by atoms with E-state index in [-0.39, 0.29) is 25.7 Å². The Morgan fingerprint density at radius 2 is 1.41 bits per heavy atom. The number of rotatable bonds is 12. The number of nitrogens with two attached hydrogens (primary N) is 1. The Balaban J connectivity index is 2.48. The van der Waals surface area contributed by atoms with Gasteiger partial charge in [-0.05, 0) is 23.7 Å². The number of ether oxygens (including phenoxy) is 3. The minimum absolute atomic E-state index is 0.0553. The first-order valence-corrected chi connectivity index (χ1v) is 18.5. The normalized spacial score (nSPS) is 12.5. The van der Waals surface area contributed by atoms with Crippen molar-refractivity contribution in [3.05, 3.63) is 33.7 Å². The summed E-state index contributed by atoms with van der Waals surface area (Å²) in [7, 11) is -1.20. The van der Waals surface area contributed by atoms with E-state index in [0.29, 0.717) is 29.8 Å². The summed E-state index contributed by atoms with van der Waals surface area (Å²) in [4.78, 5) is 25.9. The number of hydrogen-bond acceptors (Lipinski definition) is 6. The quantitative estimate of drug-likeness (QED) is 0.282. The molecule has 0 saturated carbocycles. The van der Waals surface area contributed by atoms with E-state index in [9.17, 15) is 9.59 Å². The van der Waals surface area contributed by atoms with Gasteiger partial charge >= 0.3 is 11.7 Å². The van der Waals surface area contributed by atoms with Crippen LogP contribution in [0.3, 0.4) is 0 Å². The maximum Gasteiger partial charge on any atom is 0.340 e. The number of hydrogen-bond donors (Lipinski definition) is 1. The predicted octanol–water partition coefficient (Wildman–Crippen LogP) is 3.67. The lowest BCUT2D eigenvalue weighted by atomic mass is 10.1. The molecule has 32 heavy (non-hydrogen) atoms. The van der Waals surface area contributed by atoms with Crippen LogP contribution in [0.1, 0.15) is 15.9 Å². The monoisotopic (exact) mass is 481 g/mol. The Hall–Kier alpha value is -1.73. The van der Waals surface area contributed by atoms with Crippen molar-refractivity contribution in [3.63, 3.8) is 0 Å². The molecule has 0 unspecified atom stereocenters. The molecule has 0 bridgehead atoms. The fourth-order valence-corrected chi connectivity index (χ4v) is 4.79. The first kappa shape index (κ1) is 26.5. The van der Waals surface area contributed by atoms with Crippen molar-refractivity contribution in [2.75, 3.05) is 20.3 Å². The van der Waals surface area contributed by atoms with Crippen molar-refractivity contribution in [2.24, 2.45) is 5.73 Å². The number of benzene rings is 1. The summed E-state index contributed by atoms with van der Waals surface area (Å²) < 4.78 is 19.8. The van der Waals surface area contributed by atoms with Crippen LogP contribution in [0.5, 0.6) is 0 Å². The summed E-state index contributed by atoms with van der Waals surface area (Å²) in [6.07, 6.45) is 0. The van der Waals surface area contributed by atoms with Crippen LogP contribution in [0.15, 0.2) is 16.9 Å². The van der Waals surface area contributed by atoms with Crippen LogP contribution in [-0.2, 0) is 34.2 Å². The highest BCUT2D eigenvalue weighted by atomic mass is 28.3. The molecule has 0 aliphatic rings. The van der Waals surface area contributed by atoms with Gasteiger partial charge in [-0.2, -0.15) is 0 Å². The van der Waals surface area contributed by atoms with E-state index in [1.165, 1.54) is 11.7 Å². The Labute approximate surface area is 192 Å². The second-order valence-electron chi connectivity index (χ2n) is 10.5. The molecular weight excluding hydrogens is 442 g/mol. The highest BCUT2D eigenvalue weighted by Crippen LogP contribution is 2.24. The summed E-state index contributed by atoms with van der Waals surface area (Å²) >= 11 is 0. The average molecular weight is 482 g/mol. The number of carbonyl (C=O) groups excluding carboxylic acids is 1. The van der Waals surface area contributed by atoms with Crippen molar-refractivity contribution in [1.29, 1.82) is 0 Å². The van der Waals surface area contributed by atoms with E-state index < -0.39 is 22.1 Å². The number of aromatic nitrogens is 2. The fourth-order valence-electron chi connectivity index (χ4n) is 3.28. The topological polar surface area (TPSA) is 97.7 Å². The van der Waals surface area contributed by atoms with Crippen LogP contribution in [0.2, 0.25) is 51.4 Å². The highest BCUT2D eigenvalue weighted by Gasteiger charge is 2.23. The van der Waals surface area contributed by atoms with Gasteiger partial charge in [-0.1, -0.05) is 45.3 Å². The van der Waals surface area contributed by atoms with Crippen molar-refractivity contribution in [3.8, 4) is 0 Å². The molecule has 0 spiro atoms. The van der Waals surface area contributed by atoms with Gasteiger partial charge in [0.25, 0.3) is 0 Å². The third-order valence-electron chi connectivity index (χ3n) is 5.30. The van der Waals surface area contributed by atoms with Gasteiger partial charge in [-0.25, -0.2) is 9.59 Å². The zero-order chi connectivity index (χ0) is 24.1. The zero-order valence-corrected chi connectivity index (χ0v) is 22.6. The smallest absolute Gasteiger partial charge is 0.340 e. The lowest BCUT2D eigenvalue weighted by Gasteiger charge is -2.15. The van der Waals surface area contributed by atoms with Gasteiger partial charge in [0.2, 0.25) is 0 Å². The lowest BCUT2D eigenvalue weighted by molar-refractivity contribution is 0.0600. The Kier molecular flexibility index (Phi) is 9.06. The maximum atomic E-state index is 13.4. The Morgan fingerprint density at radius 3 is 1.84 bits per heavy atom. The predicted molar refractivity (Wildman–Crippen MR) is 134 cm³/mol. The second kappa shape index (κ2) is 10.9. The van der Waals surface area contributed by atoms with Crippen molar-refractivity contribution < 1.29 is 19.0 Å². The highest BCUT2D eigenvalue weighted by molar-refractivity contribution is 6.76. The van der Waals surface area contributed by atoms with Crippen LogP contribution >= 0.6 is 0 Å². The molecule has 0 amide bonds. The molecular formula is C22H39N3O5Si2. The number of imidazole rings is 1. The molecule has 0 saturated heterocycles. The number of nitrogens with zero attached hydrogens (tertiary/aromatic N) is 2. The summed E-state index contributed by atoms with van der Waals surface area (Å²) in [6.45, 7) is 15.2. The van der Waals surface area contributed by atoms with E-state index in [4.69, 9.17) is 19.9 Å². The van der Waals surface area contributed by atoms with Gasteiger partial charge < -0.3 is 19.9 Å².